The largest absolute Gasteiger partial charge is 0.492 e. The van der Waals surface area contributed by atoms with Crippen LogP contribution in [0.5, 0.6) is 5.75 Å². The van der Waals surface area contributed by atoms with Crippen molar-refractivity contribution in [2.75, 3.05) is 13.2 Å². The van der Waals surface area contributed by atoms with Crippen LogP contribution in [-0.2, 0) is 0 Å². The van der Waals surface area contributed by atoms with Crippen molar-refractivity contribution in [1.82, 2.24) is 25.3 Å². The minimum atomic E-state index is -0.277. The number of aromatic nitrogens is 4. The van der Waals surface area contributed by atoms with Crippen LogP contribution in [0.1, 0.15) is 41.5 Å². The second-order valence-corrected chi connectivity index (χ2v) is 7.61. The first-order chi connectivity index (χ1) is 15.0. The molecule has 2 aromatic carbocycles. The molecule has 0 radical (unpaired) electrons. The van der Waals surface area contributed by atoms with Crippen LogP contribution in [0, 0.1) is 6.92 Å². The minimum absolute atomic E-state index is 0.277. The molecule has 1 amide bonds. The summed E-state index contributed by atoms with van der Waals surface area (Å²) in [6, 6.07) is 17.7. The third kappa shape index (κ3) is 4.40. The Hall–Kier alpha value is -3.74. The van der Waals surface area contributed by atoms with E-state index in [2.05, 4.69) is 46.6 Å². The van der Waals surface area contributed by atoms with Crippen molar-refractivity contribution in [3.05, 3.63) is 77.7 Å². The van der Waals surface area contributed by atoms with Gasteiger partial charge < -0.3 is 10.1 Å². The van der Waals surface area contributed by atoms with Gasteiger partial charge in [-0.25, -0.2) is 4.68 Å². The van der Waals surface area contributed by atoms with Crippen molar-refractivity contribution in [1.29, 1.82) is 0 Å². The molecule has 2 heterocycles. The monoisotopic (exact) mass is 415 g/mol. The first kappa shape index (κ1) is 20.5. The number of pyridine rings is 1. The van der Waals surface area contributed by atoms with Crippen LogP contribution in [-0.4, -0.2) is 39.0 Å². The Morgan fingerprint density at radius 3 is 2.68 bits per heavy atom. The van der Waals surface area contributed by atoms with E-state index in [4.69, 9.17) is 4.74 Å². The Kier molecular flexibility index (Phi) is 5.93. The topological polar surface area (TPSA) is 81.9 Å². The van der Waals surface area contributed by atoms with Crippen molar-refractivity contribution >= 4 is 16.8 Å². The second-order valence-electron chi connectivity index (χ2n) is 7.61. The van der Waals surface area contributed by atoms with Gasteiger partial charge in [0.1, 0.15) is 12.4 Å². The Bertz CT molecular complexity index is 1190. The van der Waals surface area contributed by atoms with E-state index < -0.39 is 0 Å². The average Bonchev–Trinajstić information content (AvgIpc) is 3.17. The van der Waals surface area contributed by atoms with Crippen LogP contribution < -0.4 is 10.1 Å². The first-order valence-electron chi connectivity index (χ1n) is 10.3. The Morgan fingerprint density at radius 1 is 1.10 bits per heavy atom. The number of carbonyl (C=O) groups is 1. The summed E-state index contributed by atoms with van der Waals surface area (Å²) in [7, 11) is 0. The van der Waals surface area contributed by atoms with Crippen molar-refractivity contribution in [2.24, 2.45) is 0 Å². The highest BCUT2D eigenvalue weighted by atomic mass is 16.5. The number of carbonyl (C=O) groups excluding carboxylic acids is 1. The van der Waals surface area contributed by atoms with Gasteiger partial charge in [0.05, 0.1) is 23.4 Å². The standard InChI is InChI=1S/C24H25N5O2/c1-16(2)18-9-11-19(12-10-18)31-15-14-26-24(30)23-17(3)29(28-27-23)22-8-4-7-21-20(22)6-5-13-25-21/h4-13,16H,14-15H2,1-3H3,(H,26,30). The van der Waals surface area contributed by atoms with E-state index in [-0.39, 0.29) is 5.91 Å². The third-order valence-electron chi connectivity index (χ3n) is 5.16. The molecule has 7 heteroatoms. The highest BCUT2D eigenvalue weighted by Gasteiger charge is 2.18. The third-order valence-corrected chi connectivity index (χ3v) is 5.16. The summed E-state index contributed by atoms with van der Waals surface area (Å²) < 4.78 is 7.39. The van der Waals surface area contributed by atoms with Crippen LogP contribution in [0.4, 0.5) is 0 Å². The molecule has 0 fully saturated rings. The number of nitrogens with zero attached hydrogens (tertiary/aromatic N) is 4. The quantitative estimate of drug-likeness (QED) is 0.461. The van der Waals surface area contributed by atoms with Crippen molar-refractivity contribution in [3.8, 4) is 11.4 Å². The number of ether oxygens (including phenoxy) is 1. The summed E-state index contributed by atoms with van der Waals surface area (Å²) in [5.41, 5.74) is 3.92. The van der Waals surface area contributed by atoms with Gasteiger partial charge in [0.25, 0.3) is 5.91 Å². The Labute approximate surface area is 181 Å². The van der Waals surface area contributed by atoms with E-state index in [1.165, 1.54) is 5.56 Å². The molecule has 158 valence electrons. The second kappa shape index (κ2) is 8.95. The number of fused-ring (bicyclic) bond motifs is 1. The number of nitrogens with one attached hydrogen (secondary N) is 1. The molecular formula is C24H25N5O2. The van der Waals surface area contributed by atoms with E-state index in [0.29, 0.717) is 30.5 Å². The van der Waals surface area contributed by atoms with E-state index in [9.17, 15) is 4.79 Å². The van der Waals surface area contributed by atoms with Crippen molar-refractivity contribution in [2.45, 2.75) is 26.7 Å². The molecule has 7 nitrogen and oxygen atoms in total. The predicted octanol–water partition coefficient (Wildman–Crippen LogP) is 4.06. The molecular weight excluding hydrogens is 390 g/mol. The Balaban J connectivity index is 1.39. The van der Waals surface area contributed by atoms with Crippen molar-refractivity contribution in [3.63, 3.8) is 0 Å². The maximum absolute atomic E-state index is 12.6. The highest BCUT2D eigenvalue weighted by Crippen LogP contribution is 2.22. The normalized spacial score (nSPS) is 11.1. The van der Waals surface area contributed by atoms with Gasteiger partial charge >= 0.3 is 0 Å². The zero-order valence-electron chi connectivity index (χ0n) is 17.9. The molecule has 0 atom stereocenters. The molecule has 1 N–H and O–H groups in total. The molecule has 0 saturated heterocycles. The minimum Gasteiger partial charge on any atom is -0.492 e. The van der Waals surface area contributed by atoms with Gasteiger partial charge in [-0.2, -0.15) is 0 Å². The van der Waals surface area contributed by atoms with E-state index >= 15 is 0 Å². The number of hydrogen-bond donors (Lipinski definition) is 1. The molecule has 0 aliphatic carbocycles. The first-order valence-corrected chi connectivity index (χ1v) is 10.3. The van der Waals surface area contributed by atoms with Gasteiger partial charge in [-0.1, -0.05) is 37.3 Å². The fourth-order valence-corrected chi connectivity index (χ4v) is 3.41. The van der Waals surface area contributed by atoms with Gasteiger partial charge in [0.15, 0.2) is 5.69 Å². The summed E-state index contributed by atoms with van der Waals surface area (Å²) in [4.78, 5) is 17.0. The van der Waals surface area contributed by atoms with Crippen LogP contribution in [0.25, 0.3) is 16.6 Å². The van der Waals surface area contributed by atoms with Crippen LogP contribution in [0.15, 0.2) is 60.8 Å². The maximum atomic E-state index is 12.6. The molecule has 4 rings (SSSR count). The van der Waals surface area contributed by atoms with E-state index in [1.807, 2.05) is 49.4 Å². The lowest BCUT2D eigenvalue weighted by atomic mass is 10.0. The fourth-order valence-electron chi connectivity index (χ4n) is 3.41. The molecule has 4 aromatic rings. The van der Waals surface area contributed by atoms with Crippen LogP contribution in [0.2, 0.25) is 0 Å². The average molecular weight is 415 g/mol. The number of amides is 1. The molecule has 0 unspecified atom stereocenters. The molecule has 0 aliphatic rings. The van der Waals surface area contributed by atoms with Crippen molar-refractivity contribution < 1.29 is 9.53 Å². The lowest BCUT2D eigenvalue weighted by Crippen LogP contribution is -2.29. The van der Waals surface area contributed by atoms with E-state index in [0.717, 1.165) is 22.3 Å². The zero-order chi connectivity index (χ0) is 21.8. The molecule has 0 spiro atoms. The number of rotatable bonds is 7. The summed E-state index contributed by atoms with van der Waals surface area (Å²) in [5.74, 6) is 0.987. The summed E-state index contributed by atoms with van der Waals surface area (Å²) >= 11 is 0. The van der Waals surface area contributed by atoms with Gasteiger partial charge in [-0.05, 0) is 54.8 Å². The smallest absolute Gasteiger partial charge is 0.273 e. The summed E-state index contributed by atoms with van der Waals surface area (Å²) in [5, 5.41) is 12.1. The van der Waals surface area contributed by atoms with E-state index in [1.54, 1.807) is 10.9 Å². The molecule has 0 saturated carbocycles. The number of hydrogen-bond acceptors (Lipinski definition) is 5. The van der Waals surface area contributed by atoms with Gasteiger partial charge in [0, 0.05) is 11.6 Å². The number of benzene rings is 2. The molecule has 0 bridgehead atoms. The predicted molar refractivity (Wildman–Crippen MR) is 120 cm³/mol. The van der Waals surface area contributed by atoms with Crippen LogP contribution >= 0.6 is 0 Å². The lowest BCUT2D eigenvalue weighted by Gasteiger charge is -2.10. The zero-order valence-corrected chi connectivity index (χ0v) is 17.9. The van der Waals surface area contributed by atoms with Gasteiger partial charge in [0.2, 0.25) is 0 Å². The maximum Gasteiger partial charge on any atom is 0.273 e. The SMILES string of the molecule is Cc1c(C(=O)NCCOc2ccc(C(C)C)cc2)nnn1-c1cccc2ncccc12. The van der Waals surface area contributed by atoms with Crippen LogP contribution in [0.3, 0.4) is 0 Å². The molecule has 31 heavy (non-hydrogen) atoms. The molecule has 2 aromatic heterocycles. The van der Waals surface area contributed by atoms with Gasteiger partial charge in [-0.15, -0.1) is 5.10 Å². The highest BCUT2D eigenvalue weighted by molar-refractivity contribution is 5.94. The fraction of sp³-hybridized carbons (Fsp3) is 0.250. The summed E-state index contributed by atoms with van der Waals surface area (Å²) in [6.45, 7) is 6.88. The Morgan fingerprint density at radius 2 is 1.90 bits per heavy atom. The summed E-state index contributed by atoms with van der Waals surface area (Å²) in [6.07, 6.45) is 1.75. The molecule has 0 aliphatic heterocycles. The lowest BCUT2D eigenvalue weighted by molar-refractivity contribution is 0.0941. The van der Waals surface area contributed by atoms with Gasteiger partial charge in [-0.3, -0.25) is 9.78 Å².